The van der Waals surface area contributed by atoms with Crippen LogP contribution in [0.1, 0.15) is 23.6 Å². The summed E-state index contributed by atoms with van der Waals surface area (Å²) in [5.41, 5.74) is 1.97. The zero-order chi connectivity index (χ0) is 13.2. The van der Waals surface area contributed by atoms with Crippen molar-refractivity contribution >= 4 is 11.6 Å². The maximum atomic E-state index is 10.7. The molecule has 2 aromatic rings. The lowest BCUT2D eigenvalue weighted by atomic mass is 9.87. The zero-order valence-electron chi connectivity index (χ0n) is 10.5. The highest BCUT2D eigenvalue weighted by atomic mass is 35.5. The highest BCUT2D eigenvalue weighted by molar-refractivity contribution is 6.31. The van der Waals surface area contributed by atoms with Gasteiger partial charge in [-0.1, -0.05) is 35.9 Å². The van der Waals surface area contributed by atoms with Crippen LogP contribution >= 0.6 is 11.6 Å². The SMILES string of the molecule is Cc1ccccc1C(C)(O)Cc1ccncc1Cl. The Bertz CT molecular complexity index is 552. The third-order valence-corrected chi connectivity index (χ3v) is 3.46. The van der Waals surface area contributed by atoms with E-state index in [4.69, 9.17) is 11.6 Å². The van der Waals surface area contributed by atoms with Crippen molar-refractivity contribution < 1.29 is 5.11 Å². The Labute approximate surface area is 112 Å². The summed E-state index contributed by atoms with van der Waals surface area (Å²) in [4.78, 5) is 3.95. The number of pyridine rings is 1. The Hall–Kier alpha value is -1.38. The molecular weight excluding hydrogens is 246 g/mol. The van der Waals surface area contributed by atoms with Gasteiger partial charge in [-0.15, -0.1) is 0 Å². The molecule has 0 amide bonds. The van der Waals surface area contributed by atoms with Gasteiger partial charge in [-0.2, -0.15) is 0 Å². The molecule has 18 heavy (non-hydrogen) atoms. The van der Waals surface area contributed by atoms with E-state index in [0.717, 1.165) is 16.7 Å². The predicted molar refractivity (Wildman–Crippen MR) is 73.7 cm³/mol. The number of aromatic nitrogens is 1. The van der Waals surface area contributed by atoms with Gasteiger partial charge in [0.25, 0.3) is 0 Å². The number of aliphatic hydroxyl groups is 1. The first-order valence-electron chi connectivity index (χ1n) is 5.87. The number of rotatable bonds is 3. The minimum atomic E-state index is -0.934. The van der Waals surface area contributed by atoms with Crippen LogP contribution in [-0.4, -0.2) is 10.1 Å². The molecule has 1 unspecified atom stereocenters. The molecule has 0 aliphatic carbocycles. The molecule has 0 saturated carbocycles. The molecule has 1 aromatic carbocycles. The van der Waals surface area contributed by atoms with Crippen molar-refractivity contribution in [3.63, 3.8) is 0 Å². The first-order chi connectivity index (χ1) is 8.50. The van der Waals surface area contributed by atoms with Crippen LogP contribution in [0.5, 0.6) is 0 Å². The van der Waals surface area contributed by atoms with Gasteiger partial charge in [-0.25, -0.2) is 0 Å². The van der Waals surface area contributed by atoms with Crippen molar-refractivity contribution in [3.8, 4) is 0 Å². The van der Waals surface area contributed by atoms with Crippen LogP contribution in [0.4, 0.5) is 0 Å². The van der Waals surface area contributed by atoms with Crippen LogP contribution in [-0.2, 0) is 12.0 Å². The fourth-order valence-electron chi connectivity index (χ4n) is 2.19. The highest BCUT2D eigenvalue weighted by Gasteiger charge is 2.25. The standard InChI is InChI=1S/C15H16ClNO/c1-11-5-3-4-6-13(11)15(2,18)9-12-7-8-17-10-14(12)16/h3-8,10,18H,9H2,1-2H3. The van der Waals surface area contributed by atoms with Crippen LogP contribution in [0.25, 0.3) is 0 Å². The van der Waals surface area contributed by atoms with E-state index in [0.29, 0.717) is 11.4 Å². The molecule has 0 saturated heterocycles. The average Bonchev–Trinajstić information content (AvgIpc) is 2.32. The Balaban J connectivity index is 2.33. The van der Waals surface area contributed by atoms with E-state index < -0.39 is 5.60 Å². The van der Waals surface area contributed by atoms with Gasteiger partial charge in [0.05, 0.1) is 10.6 Å². The monoisotopic (exact) mass is 261 g/mol. The van der Waals surface area contributed by atoms with Crippen LogP contribution in [0.3, 0.4) is 0 Å². The molecule has 2 nitrogen and oxygen atoms in total. The van der Waals surface area contributed by atoms with E-state index in [1.807, 2.05) is 44.2 Å². The second-order valence-corrected chi connectivity index (χ2v) is 5.14. The van der Waals surface area contributed by atoms with E-state index in [1.165, 1.54) is 0 Å². The molecule has 0 aliphatic heterocycles. The fraction of sp³-hybridized carbons (Fsp3) is 0.267. The molecule has 1 atom stereocenters. The normalized spacial score (nSPS) is 14.2. The summed E-state index contributed by atoms with van der Waals surface area (Å²) < 4.78 is 0. The lowest BCUT2D eigenvalue weighted by molar-refractivity contribution is 0.0570. The third kappa shape index (κ3) is 2.71. The van der Waals surface area contributed by atoms with Crippen molar-refractivity contribution in [1.82, 2.24) is 4.98 Å². The summed E-state index contributed by atoms with van der Waals surface area (Å²) in [7, 11) is 0. The van der Waals surface area contributed by atoms with Crippen molar-refractivity contribution in [2.24, 2.45) is 0 Å². The molecule has 0 spiro atoms. The number of hydrogen-bond acceptors (Lipinski definition) is 2. The van der Waals surface area contributed by atoms with Crippen LogP contribution in [0, 0.1) is 6.92 Å². The smallest absolute Gasteiger partial charge is 0.0911 e. The second-order valence-electron chi connectivity index (χ2n) is 4.73. The van der Waals surface area contributed by atoms with Crippen molar-refractivity contribution in [3.05, 3.63) is 64.4 Å². The summed E-state index contributed by atoms with van der Waals surface area (Å²) in [5.74, 6) is 0. The Morgan fingerprint density at radius 1 is 1.28 bits per heavy atom. The van der Waals surface area contributed by atoms with E-state index in [1.54, 1.807) is 12.4 Å². The van der Waals surface area contributed by atoms with Crippen molar-refractivity contribution in [1.29, 1.82) is 0 Å². The molecule has 3 heteroatoms. The first kappa shape index (κ1) is 13.1. The summed E-state index contributed by atoms with van der Waals surface area (Å²) >= 11 is 6.08. The summed E-state index contributed by atoms with van der Waals surface area (Å²) in [6.07, 6.45) is 3.76. The van der Waals surface area contributed by atoms with Gasteiger partial charge in [0.2, 0.25) is 0 Å². The molecule has 1 N–H and O–H groups in total. The van der Waals surface area contributed by atoms with E-state index in [2.05, 4.69) is 4.98 Å². The second kappa shape index (κ2) is 5.09. The topological polar surface area (TPSA) is 33.1 Å². The van der Waals surface area contributed by atoms with Gasteiger partial charge in [0.15, 0.2) is 0 Å². The summed E-state index contributed by atoms with van der Waals surface area (Å²) in [6, 6.07) is 9.69. The number of benzene rings is 1. The van der Waals surface area contributed by atoms with E-state index in [9.17, 15) is 5.11 Å². The van der Waals surface area contributed by atoms with Gasteiger partial charge in [-0.05, 0) is 36.6 Å². The molecule has 94 valence electrons. The largest absolute Gasteiger partial charge is 0.385 e. The molecule has 0 bridgehead atoms. The molecule has 0 radical (unpaired) electrons. The highest BCUT2D eigenvalue weighted by Crippen LogP contribution is 2.29. The lowest BCUT2D eigenvalue weighted by Gasteiger charge is -2.26. The van der Waals surface area contributed by atoms with Crippen LogP contribution < -0.4 is 0 Å². The minimum Gasteiger partial charge on any atom is -0.385 e. The van der Waals surface area contributed by atoms with Gasteiger partial charge in [0, 0.05) is 18.8 Å². The van der Waals surface area contributed by atoms with Gasteiger partial charge in [0.1, 0.15) is 0 Å². The zero-order valence-corrected chi connectivity index (χ0v) is 11.3. The van der Waals surface area contributed by atoms with Gasteiger partial charge in [-0.3, -0.25) is 4.98 Å². The molecule has 1 aromatic heterocycles. The third-order valence-electron chi connectivity index (χ3n) is 3.12. The first-order valence-corrected chi connectivity index (χ1v) is 6.25. The van der Waals surface area contributed by atoms with E-state index in [-0.39, 0.29) is 0 Å². The van der Waals surface area contributed by atoms with Gasteiger partial charge >= 0.3 is 0 Å². The fourth-order valence-corrected chi connectivity index (χ4v) is 2.38. The Morgan fingerprint density at radius 3 is 2.67 bits per heavy atom. The maximum Gasteiger partial charge on any atom is 0.0911 e. The lowest BCUT2D eigenvalue weighted by Crippen LogP contribution is -2.25. The number of nitrogens with zero attached hydrogens (tertiary/aromatic N) is 1. The van der Waals surface area contributed by atoms with Crippen LogP contribution in [0.2, 0.25) is 5.02 Å². The predicted octanol–water partition coefficient (Wildman–Crippen LogP) is 3.49. The molecule has 2 rings (SSSR count). The minimum absolute atomic E-state index is 0.471. The Kier molecular flexibility index (Phi) is 3.69. The average molecular weight is 262 g/mol. The number of aryl methyl sites for hydroxylation is 1. The van der Waals surface area contributed by atoms with E-state index >= 15 is 0 Å². The molecule has 1 heterocycles. The Morgan fingerprint density at radius 2 is 2.00 bits per heavy atom. The number of hydrogen-bond donors (Lipinski definition) is 1. The van der Waals surface area contributed by atoms with Crippen LogP contribution in [0.15, 0.2) is 42.7 Å². The molecule has 0 fully saturated rings. The van der Waals surface area contributed by atoms with Crippen molar-refractivity contribution in [2.45, 2.75) is 25.9 Å². The quantitative estimate of drug-likeness (QED) is 0.917. The van der Waals surface area contributed by atoms with Gasteiger partial charge < -0.3 is 5.11 Å². The molecular formula is C15H16ClNO. The summed E-state index contributed by atoms with van der Waals surface area (Å²) in [6.45, 7) is 3.81. The summed E-state index contributed by atoms with van der Waals surface area (Å²) in [5, 5.41) is 11.3. The van der Waals surface area contributed by atoms with Crippen molar-refractivity contribution in [2.75, 3.05) is 0 Å². The molecule has 0 aliphatic rings. The maximum absolute atomic E-state index is 10.7. The number of halogens is 1.